The van der Waals surface area contributed by atoms with Gasteiger partial charge < -0.3 is 20.1 Å². The Morgan fingerprint density at radius 3 is 2.33 bits per heavy atom. The Morgan fingerprint density at radius 2 is 1.71 bits per heavy atom. The van der Waals surface area contributed by atoms with Crippen LogP contribution in [0.1, 0.15) is 19.7 Å². The van der Waals surface area contributed by atoms with E-state index in [1.54, 1.807) is 26.4 Å². The van der Waals surface area contributed by atoms with Crippen LogP contribution >= 0.6 is 11.6 Å². The minimum atomic E-state index is 0.484. The molecule has 1 aromatic heterocycles. The number of rotatable bonds is 7. The minimum absolute atomic E-state index is 0.484. The molecule has 0 saturated carbocycles. The van der Waals surface area contributed by atoms with Crippen LogP contribution in [0, 0.1) is 12.8 Å². The van der Waals surface area contributed by atoms with E-state index >= 15 is 0 Å². The van der Waals surface area contributed by atoms with Crippen LogP contribution in [0.25, 0.3) is 0 Å². The standard InChI is InChI=1S/C17H23ClN4O2/c1-10(2)9-19-16-8-17(21-11(3)20-16)22-13-7-14(23-4)12(18)6-15(13)24-5/h6-8,10H,9H2,1-5H3,(H2,19,20,21,22). The van der Waals surface area contributed by atoms with Gasteiger partial charge in [0.15, 0.2) is 0 Å². The van der Waals surface area contributed by atoms with Crippen molar-refractivity contribution in [2.45, 2.75) is 20.8 Å². The summed E-state index contributed by atoms with van der Waals surface area (Å²) in [5.74, 6) is 3.80. The van der Waals surface area contributed by atoms with E-state index in [-0.39, 0.29) is 0 Å². The van der Waals surface area contributed by atoms with Crippen LogP contribution in [0.3, 0.4) is 0 Å². The molecule has 6 nitrogen and oxygen atoms in total. The first-order valence-electron chi connectivity index (χ1n) is 7.71. The molecular formula is C17H23ClN4O2. The van der Waals surface area contributed by atoms with Crippen molar-refractivity contribution in [2.75, 3.05) is 31.4 Å². The molecule has 0 atom stereocenters. The van der Waals surface area contributed by atoms with E-state index in [1.807, 2.05) is 13.0 Å². The van der Waals surface area contributed by atoms with Crippen molar-refractivity contribution < 1.29 is 9.47 Å². The van der Waals surface area contributed by atoms with E-state index in [4.69, 9.17) is 21.1 Å². The number of anilines is 3. The maximum Gasteiger partial charge on any atom is 0.144 e. The Morgan fingerprint density at radius 1 is 1.04 bits per heavy atom. The molecule has 0 amide bonds. The average molecular weight is 351 g/mol. The first-order valence-corrected chi connectivity index (χ1v) is 8.08. The molecule has 0 bridgehead atoms. The summed E-state index contributed by atoms with van der Waals surface area (Å²) in [5.41, 5.74) is 0.714. The minimum Gasteiger partial charge on any atom is -0.495 e. The first-order chi connectivity index (χ1) is 11.4. The fourth-order valence-corrected chi connectivity index (χ4v) is 2.36. The normalized spacial score (nSPS) is 10.6. The Kier molecular flexibility index (Phi) is 6.09. The predicted octanol–water partition coefficient (Wildman–Crippen LogP) is 4.27. The number of hydrogen-bond acceptors (Lipinski definition) is 6. The van der Waals surface area contributed by atoms with Gasteiger partial charge >= 0.3 is 0 Å². The second kappa shape index (κ2) is 8.06. The summed E-state index contributed by atoms with van der Waals surface area (Å²) >= 11 is 6.14. The predicted molar refractivity (Wildman–Crippen MR) is 97.9 cm³/mol. The van der Waals surface area contributed by atoms with E-state index in [0.717, 1.165) is 12.4 Å². The zero-order valence-electron chi connectivity index (χ0n) is 14.6. The molecule has 0 aliphatic carbocycles. The van der Waals surface area contributed by atoms with E-state index in [0.29, 0.717) is 39.8 Å². The monoisotopic (exact) mass is 350 g/mol. The van der Waals surface area contributed by atoms with E-state index in [1.165, 1.54) is 0 Å². The van der Waals surface area contributed by atoms with Crippen LogP contribution in [0.15, 0.2) is 18.2 Å². The van der Waals surface area contributed by atoms with Crippen molar-refractivity contribution in [3.63, 3.8) is 0 Å². The molecule has 24 heavy (non-hydrogen) atoms. The van der Waals surface area contributed by atoms with Gasteiger partial charge in [-0.3, -0.25) is 0 Å². The van der Waals surface area contributed by atoms with Gasteiger partial charge in [0, 0.05) is 24.7 Å². The molecule has 0 radical (unpaired) electrons. The Balaban J connectivity index is 2.30. The van der Waals surface area contributed by atoms with Crippen molar-refractivity contribution in [1.29, 1.82) is 0 Å². The van der Waals surface area contributed by atoms with Crippen LogP contribution in [0.2, 0.25) is 5.02 Å². The van der Waals surface area contributed by atoms with Crippen LogP contribution in [-0.4, -0.2) is 30.7 Å². The topological polar surface area (TPSA) is 68.3 Å². The highest BCUT2D eigenvalue weighted by Gasteiger charge is 2.11. The summed E-state index contributed by atoms with van der Waals surface area (Å²) in [6.07, 6.45) is 0. The van der Waals surface area contributed by atoms with Crippen molar-refractivity contribution in [3.8, 4) is 11.5 Å². The number of aromatic nitrogens is 2. The number of ether oxygens (including phenoxy) is 2. The molecule has 0 aliphatic rings. The number of aryl methyl sites for hydroxylation is 1. The maximum atomic E-state index is 6.14. The molecule has 2 aromatic rings. The molecule has 2 N–H and O–H groups in total. The van der Waals surface area contributed by atoms with E-state index < -0.39 is 0 Å². The summed E-state index contributed by atoms with van der Waals surface area (Å²) in [6, 6.07) is 5.34. The number of benzene rings is 1. The molecule has 1 aromatic carbocycles. The van der Waals surface area contributed by atoms with Gasteiger partial charge in [-0.15, -0.1) is 0 Å². The van der Waals surface area contributed by atoms with Crippen LogP contribution in [0.5, 0.6) is 11.5 Å². The molecule has 0 saturated heterocycles. The van der Waals surface area contributed by atoms with Gasteiger partial charge in [-0.1, -0.05) is 25.4 Å². The average Bonchev–Trinajstić information content (AvgIpc) is 2.53. The first kappa shape index (κ1) is 18.1. The second-order valence-corrected chi connectivity index (χ2v) is 6.18. The fraction of sp³-hybridized carbons (Fsp3) is 0.412. The summed E-state index contributed by atoms with van der Waals surface area (Å²) in [5, 5.41) is 7.03. The van der Waals surface area contributed by atoms with Gasteiger partial charge in [-0.05, 0) is 12.8 Å². The molecule has 0 fully saturated rings. The van der Waals surface area contributed by atoms with Gasteiger partial charge in [-0.25, -0.2) is 9.97 Å². The Bertz CT molecular complexity index is 707. The molecule has 130 valence electrons. The summed E-state index contributed by atoms with van der Waals surface area (Å²) < 4.78 is 10.6. The summed E-state index contributed by atoms with van der Waals surface area (Å²) in [6.45, 7) is 6.98. The molecule has 0 aliphatic heterocycles. The molecule has 1 heterocycles. The second-order valence-electron chi connectivity index (χ2n) is 5.77. The SMILES string of the molecule is COc1cc(Nc2cc(NCC(C)C)nc(C)n2)c(OC)cc1Cl. The van der Waals surface area contributed by atoms with Gasteiger partial charge in [-0.2, -0.15) is 0 Å². The van der Waals surface area contributed by atoms with Crippen LogP contribution in [0.4, 0.5) is 17.3 Å². The lowest BCUT2D eigenvalue weighted by atomic mass is 10.2. The molecule has 0 spiro atoms. The van der Waals surface area contributed by atoms with Crippen molar-refractivity contribution in [3.05, 3.63) is 29.0 Å². The van der Waals surface area contributed by atoms with Gasteiger partial charge in [0.2, 0.25) is 0 Å². The third kappa shape index (κ3) is 4.64. The Labute approximate surface area is 147 Å². The maximum absolute atomic E-state index is 6.14. The highest BCUT2D eigenvalue weighted by Crippen LogP contribution is 2.37. The lowest BCUT2D eigenvalue weighted by molar-refractivity contribution is 0.405. The zero-order chi connectivity index (χ0) is 17.7. The smallest absolute Gasteiger partial charge is 0.144 e. The fourth-order valence-electron chi connectivity index (χ4n) is 2.13. The van der Waals surface area contributed by atoms with Crippen molar-refractivity contribution in [1.82, 2.24) is 9.97 Å². The Hall–Kier alpha value is -2.21. The van der Waals surface area contributed by atoms with E-state index in [2.05, 4.69) is 34.4 Å². The highest BCUT2D eigenvalue weighted by atomic mass is 35.5. The number of halogens is 1. The van der Waals surface area contributed by atoms with Crippen LogP contribution < -0.4 is 20.1 Å². The van der Waals surface area contributed by atoms with Crippen LogP contribution in [-0.2, 0) is 0 Å². The van der Waals surface area contributed by atoms with E-state index in [9.17, 15) is 0 Å². The van der Waals surface area contributed by atoms with Gasteiger partial charge in [0.05, 0.1) is 24.9 Å². The highest BCUT2D eigenvalue weighted by molar-refractivity contribution is 6.32. The number of nitrogens with one attached hydrogen (secondary N) is 2. The van der Waals surface area contributed by atoms with Gasteiger partial charge in [0.25, 0.3) is 0 Å². The van der Waals surface area contributed by atoms with Crippen molar-refractivity contribution in [2.24, 2.45) is 5.92 Å². The largest absolute Gasteiger partial charge is 0.495 e. The molecule has 0 unspecified atom stereocenters. The van der Waals surface area contributed by atoms with Crippen molar-refractivity contribution >= 4 is 28.9 Å². The van der Waals surface area contributed by atoms with Gasteiger partial charge in [0.1, 0.15) is 29.0 Å². The lowest BCUT2D eigenvalue weighted by Crippen LogP contribution is -2.10. The number of nitrogens with zero attached hydrogens (tertiary/aromatic N) is 2. The third-order valence-electron chi connectivity index (χ3n) is 3.27. The number of hydrogen-bond donors (Lipinski definition) is 2. The zero-order valence-corrected chi connectivity index (χ0v) is 15.4. The molecular weight excluding hydrogens is 328 g/mol. The quantitative estimate of drug-likeness (QED) is 0.777. The third-order valence-corrected chi connectivity index (χ3v) is 3.56. The molecule has 2 rings (SSSR count). The number of methoxy groups -OCH3 is 2. The summed E-state index contributed by atoms with van der Waals surface area (Å²) in [7, 11) is 3.16. The summed E-state index contributed by atoms with van der Waals surface area (Å²) in [4.78, 5) is 8.82. The lowest BCUT2D eigenvalue weighted by Gasteiger charge is -2.15. The molecule has 7 heteroatoms.